The number of anilines is 2. The Kier molecular flexibility index (Phi) is 3.38. The van der Waals surface area contributed by atoms with Crippen LogP contribution in [-0.4, -0.2) is 14.1 Å². The maximum absolute atomic E-state index is 5.29. The summed E-state index contributed by atoms with van der Waals surface area (Å²) in [6.45, 7) is 2.83. The second-order valence-electron chi connectivity index (χ2n) is 4.33. The van der Waals surface area contributed by atoms with E-state index in [4.69, 9.17) is 4.42 Å². The van der Waals surface area contributed by atoms with Crippen LogP contribution in [0.2, 0.25) is 0 Å². The van der Waals surface area contributed by atoms with Crippen LogP contribution < -0.4 is 10.2 Å². The van der Waals surface area contributed by atoms with Crippen LogP contribution in [0.5, 0.6) is 0 Å². The number of hydrogen-bond acceptors (Lipinski definition) is 3. The third kappa shape index (κ3) is 2.81. The van der Waals surface area contributed by atoms with Gasteiger partial charge in [0.25, 0.3) is 0 Å². The molecule has 3 nitrogen and oxygen atoms in total. The Hall–Kier alpha value is -1.90. The Balaban J connectivity index is 2.06. The average molecular weight is 230 g/mol. The zero-order chi connectivity index (χ0) is 12.3. The number of aryl methyl sites for hydroxylation is 1. The van der Waals surface area contributed by atoms with Crippen LogP contribution in [0.4, 0.5) is 11.4 Å². The van der Waals surface area contributed by atoms with Gasteiger partial charge in [-0.15, -0.1) is 0 Å². The van der Waals surface area contributed by atoms with Crippen molar-refractivity contribution in [3.63, 3.8) is 0 Å². The molecule has 0 aliphatic rings. The van der Waals surface area contributed by atoms with Crippen molar-refractivity contribution in [2.75, 3.05) is 24.3 Å². The molecule has 0 atom stereocenters. The summed E-state index contributed by atoms with van der Waals surface area (Å²) in [7, 11) is 4.09. The van der Waals surface area contributed by atoms with Crippen molar-refractivity contribution in [2.24, 2.45) is 0 Å². The third-order valence-electron chi connectivity index (χ3n) is 2.76. The number of hydrogen-bond donors (Lipinski definition) is 1. The normalized spacial score (nSPS) is 10.3. The van der Waals surface area contributed by atoms with Crippen molar-refractivity contribution in [3.05, 3.63) is 47.9 Å². The fraction of sp³-hybridized carbons (Fsp3) is 0.286. The van der Waals surface area contributed by atoms with E-state index >= 15 is 0 Å². The van der Waals surface area contributed by atoms with Crippen LogP contribution in [-0.2, 0) is 6.54 Å². The van der Waals surface area contributed by atoms with Gasteiger partial charge in [0.2, 0.25) is 0 Å². The fourth-order valence-corrected chi connectivity index (χ4v) is 1.72. The van der Waals surface area contributed by atoms with Gasteiger partial charge in [-0.05, 0) is 42.8 Å². The Morgan fingerprint density at radius 1 is 1.24 bits per heavy atom. The van der Waals surface area contributed by atoms with E-state index < -0.39 is 0 Å². The summed E-state index contributed by atoms with van der Waals surface area (Å²) < 4.78 is 5.29. The monoisotopic (exact) mass is 230 g/mol. The molecule has 0 saturated heterocycles. The van der Waals surface area contributed by atoms with Gasteiger partial charge in [-0.2, -0.15) is 0 Å². The summed E-state index contributed by atoms with van der Waals surface area (Å²) in [6.07, 6.45) is 1.69. The molecule has 0 aliphatic carbocycles. The Morgan fingerprint density at radius 3 is 2.65 bits per heavy atom. The number of nitrogens with one attached hydrogen (secondary N) is 1. The lowest BCUT2D eigenvalue weighted by molar-refractivity contribution is 0.518. The first-order valence-electron chi connectivity index (χ1n) is 5.71. The minimum atomic E-state index is 0.717. The molecule has 17 heavy (non-hydrogen) atoms. The van der Waals surface area contributed by atoms with E-state index in [1.54, 1.807) is 6.26 Å². The van der Waals surface area contributed by atoms with Crippen LogP contribution in [0.1, 0.15) is 11.3 Å². The van der Waals surface area contributed by atoms with Gasteiger partial charge in [-0.1, -0.05) is 0 Å². The van der Waals surface area contributed by atoms with Gasteiger partial charge in [-0.25, -0.2) is 0 Å². The molecule has 90 valence electrons. The zero-order valence-electron chi connectivity index (χ0n) is 10.5. The zero-order valence-corrected chi connectivity index (χ0v) is 10.5. The number of furan rings is 1. The second-order valence-corrected chi connectivity index (χ2v) is 4.33. The summed E-state index contributed by atoms with van der Waals surface area (Å²) in [6, 6.07) is 10.3. The lowest BCUT2D eigenvalue weighted by Gasteiger charge is -2.15. The van der Waals surface area contributed by atoms with Crippen molar-refractivity contribution in [1.82, 2.24) is 0 Å². The molecular formula is C14H18N2O. The molecule has 0 radical (unpaired) electrons. The predicted octanol–water partition coefficient (Wildman–Crippen LogP) is 3.27. The van der Waals surface area contributed by atoms with E-state index in [1.165, 1.54) is 11.3 Å². The smallest absolute Gasteiger partial charge is 0.122 e. The van der Waals surface area contributed by atoms with Gasteiger partial charge in [0.15, 0.2) is 0 Å². The lowest BCUT2D eigenvalue weighted by Crippen LogP contribution is -2.09. The summed E-state index contributed by atoms with van der Waals surface area (Å²) in [5.74, 6) is 0.945. The van der Waals surface area contributed by atoms with Gasteiger partial charge >= 0.3 is 0 Å². The van der Waals surface area contributed by atoms with Gasteiger partial charge in [-0.3, -0.25) is 0 Å². The van der Waals surface area contributed by atoms with Crippen molar-refractivity contribution >= 4 is 11.4 Å². The van der Waals surface area contributed by atoms with Gasteiger partial charge < -0.3 is 14.6 Å². The molecule has 1 aromatic carbocycles. The molecule has 0 saturated carbocycles. The summed E-state index contributed by atoms with van der Waals surface area (Å²) in [4.78, 5) is 2.10. The van der Waals surface area contributed by atoms with E-state index in [2.05, 4.69) is 35.3 Å². The highest BCUT2D eigenvalue weighted by molar-refractivity contribution is 5.59. The van der Waals surface area contributed by atoms with Gasteiger partial charge in [0, 0.05) is 25.5 Å². The number of nitrogens with zero attached hydrogens (tertiary/aromatic N) is 1. The SMILES string of the molecule is Cc1cc(N(C)C)ccc1NCc1ccco1. The van der Waals surface area contributed by atoms with Crippen LogP contribution in [0.25, 0.3) is 0 Å². The standard InChI is InChI=1S/C14H18N2O/c1-11-9-12(16(2)3)6-7-14(11)15-10-13-5-4-8-17-13/h4-9,15H,10H2,1-3H3. The van der Waals surface area contributed by atoms with E-state index in [1.807, 2.05) is 26.2 Å². The molecule has 0 bridgehead atoms. The van der Waals surface area contributed by atoms with Crippen LogP contribution in [0.15, 0.2) is 41.0 Å². The highest BCUT2D eigenvalue weighted by Crippen LogP contribution is 2.21. The number of benzene rings is 1. The average Bonchev–Trinajstić information content (AvgIpc) is 2.80. The van der Waals surface area contributed by atoms with E-state index in [9.17, 15) is 0 Å². The van der Waals surface area contributed by atoms with Crippen LogP contribution in [0.3, 0.4) is 0 Å². The summed E-state index contributed by atoms with van der Waals surface area (Å²) in [5, 5.41) is 3.37. The molecule has 0 amide bonds. The molecule has 2 aromatic rings. The van der Waals surface area contributed by atoms with Gasteiger partial charge in [0.1, 0.15) is 5.76 Å². The molecule has 1 heterocycles. The Morgan fingerprint density at radius 2 is 2.06 bits per heavy atom. The molecule has 1 N–H and O–H groups in total. The molecule has 3 heteroatoms. The largest absolute Gasteiger partial charge is 0.467 e. The Labute approximate surface area is 102 Å². The number of rotatable bonds is 4. The van der Waals surface area contributed by atoms with Crippen molar-refractivity contribution in [3.8, 4) is 0 Å². The first kappa shape index (κ1) is 11.6. The molecular weight excluding hydrogens is 212 g/mol. The third-order valence-corrected chi connectivity index (χ3v) is 2.76. The maximum Gasteiger partial charge on any atom is 0.122 e. The fourth-order valence-electron chi connectivity index (χ4n) is 1.72. The molecule has 2 rings (SSSR count). The van der Waals surface area contributed by atoms with E-state index in [0.29, 0.717) is 0 Å². The van der Waals surface area contributed by atoms with E-state index in [0.717, 1.165) is 18.0 Å². The Bertz CT molecular complexity index is 475. The van der Waals surface area contributed by atoms with E-state index in [-0.39, 0.29) is 0 Å². The quantitative estimate of drug-likeness (QED) is 0.873. The minimum Gasteiger partial charge on any atom is -0.467 e. The maximum atomic E-state index is 5.29. The topological polar surface area (TPSA) is 28.4 Å². The lowest BCUT2D eigenvalue weighted by atomic mass is 10.1. The molecule has 0 unspecified atom stereocenters. The van der Waals surface area contributed by atoms with Crippen molar-refractivity contribution in [1.29, 1.82) is 0 Å². The van der Waals surface area contributed by atoms with Gasteiger partial charge in [0.05, 0.1) is 12.8 Å². The minimum absolute atomic E-state index is 0.717. The van der Waals surface area contributed by atoms with Crippen LogP contribution >= 0.6 is 0 Å². The first-order valence-corrected chi connectivity index (χ1v) is 5.71. The first-order chi connectivity index (χ1) is 8.16. The predicted molar refractivity (Wildman–Crippen MR) is 71.5 cm³/mol. The highest BCUT2D eigenvalue weighted by Gasteiger charge is 2.02. The molecule has 0 spiro atoms. The summed E-state index contributed by atoms with van der Waals surface area (Å²) >= 11 is 0. The summed E-state index contributed by atoms with van der Waals surface area (Å²) in [5.41, 5.74) is 3.60. The molecule has 0 aliphatic heterocycles. The van der Waals surface area contributed by atoms with Crippen molar-refractivity contribution in [2.45, 2.75) is 13.5 Å². The molecule has 1 aromatic heterocycles. The molecule has 0 fully saturated rings. The van der Waals surface area contributed by atoms with Crippen molar-refractivity contribution < 1.29 is 4.42 Å². The van der Waals surface area contributed by atoms with Crippen LogP contribution in [0, 0.1) is 6.92 Å². The highest BCUT2D eigenvalue weighted by atomic mass is 16.3. The second kappa shape index (κ2) is 4.95.